The van der Waals surface area contributed by atoms with Crippen molar-refractivity contribution < 1.29 is 0 Å². The lowest BCUT2D eigenvalue weighted by atomic mass is 10.0. The van der Waals surface area contributed by atoms with Gasteiger partial charge in [0.05, 0.1) is 5.69 Å². The van der Waals surface area contributed by atoms with Crippen LogP contribution in [0.4, 0.5) is 5.69 Å². The molecule has 0 fully saturated rings. The summed E-state index contributed by atoms with van der Waals surface area (Å²) in [6, 6.07) is 17.1. The molecule has 3 rings (SSSR count). The van der Waals surface area contributed by atoms with Crippen LogP contribution in [0, 0.1) is 6.92 Å². The van der Waals surface area contributed by atoms with Crippen molar-refractivity contribution in [3.63, 3.8) is 0 Å². The molecule has 0 bridgehead atoms. The highest BCUT2D eigenvalue weighted by molar-refractivity contribution is 5.92. The summed E-state index contributed by atoms with van der Waals surface area (Å²) in [6.45, 7) is 8.52. The lowest BCUT2D eigenvalue weighted by molar-refractivity contribution is 0.859. The van der Waals surface area contributed by atoms with Gasteiger partial charge >= 0.3 is 0 Å². The number of halogens is 1. The molecule has 0 N–H and O–H groups in total. The van der Waals surface area contributed by atoms with Crippen molar-refractivity contribution in [2.24, 2.45) is 0 Å². The molecule has 2 aromatic carbocycles. The summed E-state index contributed by atoms with van der Waals surface area (Å²) in [4.78, 5) is 6.94. The number of aryl methyl sites for hydroxylation is 1. The zero-order chi connectivity index (χ0) is 16.9. The third-order valence-corrected chi connectivity index (χ3v) is 4.46. The van der Waals surface area contributed by atoms with Crippen LogP contribution >= 0.6 is 12.4 Å². The molecule has 130 valence electrons. The third kappa shape index (κ3) is 4.21. The minimum absolute atomic E-state index is 0. The Hall–Kier alpha value is -2.32. The van der Waals surface area contributed by atoms with E-state index in [1.54, 1.807) is 0 Å². The lowest BCUT2D eigenvalue weighted by Gasteiger charge is -2.23. The van der Waals surface area contributed by atoms with E-state index in [1.165, 1.54) is 27.6 Å². The number of anilines is 1. The van der Waals surface area contributed by atoms with E-state index >= 15 is 0 Å². The SMILES string of the molecule is CCN(CC)c1cc(/C=C/c2cccc3ccccc23)ncc1C.Cl. The van der Waals surface area contributed by atoms with Gasteiger partial charge in [-0.2, -0.15) is 0 Å². The number of rotatable bonds is 5. The van der Waals surface area contributed by atoms with Crippen LogP contribution in [-0.2, 0) is 0 Å². The van der Waals surface area contributed by atoms with Crippen molar-refractivity contribution in [2.45, 2.75) is 20.8 Å². The Kier molecular flexibility index (Phi) is 6.60. The van der Waals surface area contributed by atoms with Gasteiger partial charge < -0.3 is 4.90 Å². The van der Waals surface area contributed by atoms with E-state index in [-0.39, 0.29) is 12.4 Å². The predicted molar refractivity (Wildman–Crippen MR) is 113 cm³/mol. The summed E-state index contributed by atoms with van der Waals surface area (Å²) in [6.07, 6.45) is 6.23. The largest absolute Gasteiger partial charge is 0.372 e. The number of pyridine rings is 1. The molecule has 1 heterocycles. The van der Waals surface area contributed by atoms with Crippen molar-refractivity contribution in [1.29, 1.82) is 0 Å². The minimum Gasteiger partial charge on any atom is -0.372 e. The number of nitrogens with zero attached hydrogens (tertiary/aromatic N) is 2. The molecular weight excluding hydrogens is 328 g/mol. The number of aromatic nitrogens is 1. The summed E-state index contributed by atoms with van der Waals surface area (Å²) in [5.74, 6) is 0. The van der Waals surface area contributed by atoms with Gasteiger partial charge in [-0.15, -0.1) is 12.4 Å². The molecule has 0 amide bonds. The first-order chi connectivity index (χ1) is 11.7. The molecule has 0 aliphatic heterocycles. The predicted octanol–water partition coefficient (Wildman–Crippen LogP) is 5.98. The zero-order valence-electron chi connectivity index (χ0n) is 15.1. The molecular formula is C22H25ClN2. The average molecular weight is 353 g/mol. The molecule has 1 aromatic heterocycles. The second-order valence-corrected chi connectivity index (χ2v) is 5.97. The Morgan fingerprint density at radius 1 is 0.960 bits per heavy atom. The topological polar surface area (TPSA) is 16.1 Å². The molecule has 0 radical (unpaired) electrons. The van der Waals surface area contributed by atoms with Crippen LogP contribution < -0.4 is 4.90 Å². The van der Waals surface area contributed by atoms with E-state index in [4.69, 9.17) is 0 Å². The molecule has 0 spiro atoms. The fraction of sp³-hybridized carbons (Fsp3) is 0.227. The van der Waals surface area contributed by atoms with Gasteiger partial charge in [0, 0.05) is 25.0 Å². The van der Waals surface area contributed by atoms with Crippen LogP contribution in [0.1, 0.15) is 30.7 Å². The van der Waals surface area contributed by atoms with E-state index in [0.29, 0.717) is 0 Å². The van der Waals surface area contributed by atoms with Gasteiger partial charge in [-0.1, -0.05) is 48.5 Å². The molecule has 0 saturated heterocycles. The molecule has 0 saturated carbocycles. The van der Waals surface area contributed by atoms with Gasteiger partial charge in [0.2, 0.25) is 0 Å². The fourth-order valence-electron chi connectivity index (χ4n) is 3.10. The van der Waals surface area contributed by atoms with E-state index in [0.717, 1.165) is 18.8 Å². The quantitative estimate of drug-likeness (QED) is 0.561. The molecule has 0 unspecified atom stereocenters. The Morgan fingerprint density at radius 2 is 1.68 bits per heavy atom. The van der Waals surface area contributed by atoms with E-state index in [2.05, 4.69) is 91.3 Å². The first-order valence-electron chi connectivity index (χ1n) is 8.60. The molecule has 3 heteroatoms. The van der Waals surface area contributed by atoms with Gasteiger partial charge in [0.25, 0.3) is 0 Å². The van der Waals surface area contributed by atoms with Gasteiger partial charge in [-0.3, -0.25) is 4.98 Å². The summed E-state index contributed by atoms with van der Waals surface area (Å²) < 4.78 is 0. The number of hydrogen-bond acceptors (Lipinski definition) is 2. The maximum Gasteiger partial charge on any atom is 0.0650 e. The summed E-state index contributed by atoms with van der Waals surface area (Å²) in [5.41, 5.74) is 4.71. The third-order valence-electron chi connectivity index (χ3n) is 4.46. The Bertz CT molecular complexity index is 862. The standard InChI is InChI=1S/C22H24N2.ClH/c1-4-24(5-2)22-15-20(23-16-17(22)3)14-13-19-11-8-10-18-9-6-7-12-21(18)19;/h6-16H,4-5H2,1-3H3;1H/b14-13+;. The summed E-state index contributed by atoms with van der Waals surface area (Å²) in [5, 5.41) is 2.53. The monoisotopic (exact) mass is 352 g/mol. The van der Waals surface area contributed by atoms with Crippen LogP contribution in [0.25, 0.3) is 22.9 Å². The fourth-order valence-corrected chi connectivity index (χ4v) is 3.10. The maximum atomic E-state index is 4.57. The van der Waals surface area contributed by atoms with E-state index in [9.17, 15) is 0 Å². The normalized spacial score (nSPS) is 10.8. The molecule has 0 aliphatic carbocycles. The molecule has 2 nitrogen and oxygen atoms in total. The zero-order valence-corrected chi connectivity index (χ0v) is 15.9. The summed E-state index contributed by atoms with van der Waals surface area (Å²) >= 11 is 0. The highest BCUT2D eigenvalue weighted by Crippen LogP contribution is 2.23. The highest BCUT2D eigenvalue weighted by Gasteiger charge is 2.06. The second-order valence-electron chi connectivity index (χ2n) is 5.97. The maximum absolute atomic E-state index is 4.57. The molecule has 3 aromatic rings. The Balaban J connectivity index is 0.00000225. The lowest BCUT2D eigenvalue weighted by Crippen LogP contribution is -2.22. The first-order valence-corrected chi connectivity index (χ1v) is 8.60. The molecule has 0 aliphatic rings. The average Bonchev–Trinajstić information content (AvgIpc) is 2.63. The summed E-state index contributed by atoms with van der Waals surface area (Å²) in [7, 11) is 0. The van der Waals surface area contributed by atoms with Crippen molar-refractivity contribution >= 4 is 41.0 Å². The van der Waals surface area contributed by atoms with Gasteiger partial charge in [0.1, 0.15) is 0 Å². The molecule has 0 atom stereocenters. The Labute approximate surface area is 156 Å². The van der Waals surface area contributed by atoms with Crippen molar-refractivity contribution in [1.82, 2.24) is 4.98 Å². The number of fused-ring (bicyclic) bond motifs is 1. The smallest absolute Gasteiger partial charge is 0.0650 e. The van der Waals surface area contributed by atoms with Crippen molar-refractivity contribution in [3.05, 3.63) is 71.5 Å². The van der Waals surface area contributed by atoms with Crippen molar-refractivity contribution in [3.8, 4) is 0 Å². The van der Waals surface area contributed by atoms with Crippen LogP contribution in [-0.4, -0.2) is 18.1 Å². The van der Waals surface area contributed by atoms with Crippen molar-refractivity contribution in [2.75, 3.05) is 18.0 Å². The number of hydrogen-bond donors (Lipinski definition) is 0. The van der Waals surface area contributed by atoms with Crippen LogP contribution in [0.5, 0.6) is 0 Å². The first kappa shape index (κ1) is 19.0. The minimum atomic E-state index is 0. The van der Waals surface area contributed by atoms with E-state index < -0.39 is 0 Å². The van der Waals surface area contributed by atoms with Gasteiger partial charge in [0.15, 0.2) is 0 Å². The molecule has 25 heavy (non-hydrogen) atoms. The van der Waals surface area contributed by atoms with Gasteiger partial charge in [-0.05, 0) is 54.8 Å². The van der Waals surface area contributed by atoms with Gasteiger partial charge in [-0.25, -0.2) is 0 Å². The Morgan fingerprint density at radius 3 is 2.44 bits per heavy atom. The second kappa shape index (κ2) is 8.68. The van der Waals surface area contributed by atoms with Crippen LogP contribution in [0.15, 0.2) is 54.7 Å². The van der Waals surface area contributed by atoms with Crippen LogP contribution in [0.3, 0.4) is 0 Å². The van der Waals surface area contributed by atoms with Crippen LogP contribution in [0.2, 0.25) is 0 Å². The number of benzene rings is 2. The highest BCUT2D eigenvalue weighted by atomic mass is 35.5. The van der Waals surface area contributed by atoms with E-state index in [1.807, 2.05) is 6.20 Å².